The first kappa shape index (κ1) is 18.0. The maximum atomic E-state index is 4.81. The standard InChI is InChI=1S/C22H19BrN6/c1-13-17(11-15-7-5-4-6-8-15)14(2)29(27-13)22-24-21-20(25-26-22)18-12-16(23)9-10-19(18)28(21)3/h4-10,12H,11H2,1-3H3. The molecule has 0 aliphatic heterocycles. The third-order valence-electron chi connectivity index (χ3n) is 5.40. The molecule has 0 atom stereocenters. The molecular weight excluding hydrogens is 428 g/mol. The first-order valence-electron chi connectivity index (χ1n) is 9.40. The van der Waals surface area contributed by atoms with Gasteiger partial charge in [-0.1, -0.05) is 46.3 Å². The second kappa shape index (κ2) is 6.77. The monoisotopic (exact) mass is 446 g/mol. The van der Waals surface area contributed by atoms with Crippen molar-refractivity contribution < 1.29 is 0 Å². The Balaban J connectivity index is 1.63. The van der Waals surface area contributed by atoms with Gasteiger partial charge in [0, 0.05) is 34.6 Å². The van der Waals surface area contributed by atoms with E-state index in [2.05, 4.69) is 69.4 Å². The molecule has 29 heavy (non-hydrogen) atoms. The second-order valence-electron chi connectivity index (χ2n) is 7.23. The highest BCUT2D eigenvalue weighted by Gasteiger charge is 2.18. The molecule has 0 saturated heterocycles. The van der Waals surface area contributed by atoms with Gasteiger partial charge in [-0.3, -0.25) is 0 Å². The van der Waals surface area contributed by atoms with E-state index in [0.29, 0.717) is 5.95 Å². The van der Waals surface area contributed by atoms with Crippen molar-refractivity contribution in [2.75, 3.05) is 0 Å². The predicted octanol–water partition coefficient (Wildman–Crippen LogP) is 4.67. The van der Waals surface area contributed by atoms with E-state index in [1.54, 1.807) is 4.68 Å². The van der Waals surface area contributed by atoms with Crippen molar-refractivity contribution in [1.82, 2.24) is 29.5 Å². The van der Waals surface area contributed by atoms with Gasteiger partial charge in [0.2, 0.25) is 0 Å². The van der Waals surface area contributed by atoms with E-state index in [0.717, 1.165) is 44.3 Å². The van der Waals surface area contributed by atoms with Crippen molar-refractivity contribution in [3.8, 4) is 5.95 Å². The Morgan fingerprint density at radius 1 is 1.00 bits per heavy atom. The van der Waals surface area contributed by atoms with E-state index in [1.165, 1.54) is 11.1 Å². The molecule has 2 aromatic carbocycles. The highest BCUT2D eigenvalue weighted by Crippen LogP contribution is 2.28. The van der Waals surface area contributed by atoms with Crippen LogP contribution in [0.15, 0.2) is 53.0 Å². The van der Waals surface area contributed by atoms with Gasteiger partial charge < -0.3 is 4.57 Å². The summed E-state index contributed by atoms with van der Waals surface area (Å²) in [6.07, 6.45) is 0.830. The maximum absolute atomic E-state index is 4.81. The third kappa shape index (κ3) is 2.93. The number of halogens is 1. The van der Waals surface area contributed by atoms with Crippen molar-refractivity contribution >= 4 is 38.0 Å². The lowest BCUT2D eigenvalue weighted by Crippen LogP contribution is -2.07. The zero-order chi connectivity index (χ0) is 20.1. The minimum absolute atomic E-state index is 0.488. The van der Waals surface area contributed by atoms with E-state index < -0.39 is 0 Å². The third-order valence-corrected chi connectivity index (χ3v) is 5.90. The van der Waals surface area contributed by atoms with Gasteiger partial charge in [-0.05, 0) is 37.6 Å². The Morgan fingerprint density at radius 2 is 1.79 bits per heavy atom. The molecule has 0 saturated carbocycles. The van der Waals surface area contributed by atoms with Crippen molar-refractivity contribution in [2.45, 2.75) is 20.3 Å². The first-order chi connectivity index (χ1) is 14.0. The van der Waals surface area contributed by atoms with Crippen LogP contribution in [0.3, 0.4) is 0 Å². The van der Waals surface area contributed by atoms with Crippen molar-refractivity contribution in [2.24, 2.45) is 7.05 Å². The number of fused-ring (bicyclic) bond motifs is 3. The fourth-order valence-corrected chi connectivity index (χ4v) is 4.20. The Bertz CT molecular complexity index is 1370. The van der Waals surface area contributed by atoms with E-state index >= 15 is 0 Å². The summed E-state index contributed by atoms with van der Waals surface area (Å²) >= 11 is 3.53. The van der Waals surface area contributed by atoms with Crippen LogP contribution in [0, 0.1) is 13.8 Å². The minimum atomic E-state index is 0.488. The summed E-state index contributed by atoms with van der Waals surface area (Å²) in [7, 11) is 2.00. The molecule has 3 aromatic heterocycles. The summed E-state index contributed by atoms with van der Waals surface area (Å²) in [6.45, 7) is 4.09. The van der Waals surface area contributed by atoms with Crippen LogP contribution in [-0.4, -0.2) is 29.5 Å². The van der Waals surface area contributed by atoms with Gasteiger partial charge >= 0.3 is 0 Å². The van der Waals surface area contributed by atoms with Gasteiger partial charge in [0.15, 0.2) is 5.65 Å². The summed E-state index contributed by atoms with van der Waals surface area (Å²) in [6, 6.07) is 16.5. The highest BCUT2D eigenvalue weighted by molar-refractivity contribution is 9.10. The van der Waals surface area contributed by atoms with E-state index in [-0.39, 0.29) is 0 Å². The Morgan fingerprint density at radius 3 is 2.59 bits per heavy atom. The summed E-state index contributed by atoms with van der Waals surface area (Å²) < 4.78 is 4.85. The summed E-state index contributed by atoms with van der Waals surface area (Å²) in [5, 5.41) is 14.6. The second-order valence-corrected chi connectivity index (χ2v) is 8.14. The van der Waals surface area contributed by atoms with Crippen LogP contribution >= 0.6 is 15.9 Å². The van der Waals surface area contributed by atoms with Crippen LogP contribution in [0.1, 0.15) is 22.5 Å². The van der Waals surface area contributed by atoms with E-state index in [1.807, 2.05) is 30.7 Å². The molecule has 0 aliphatic rings. The number of rotatable bonds is 3. The highest BCUT2D eigenvalue weighted by atomic mass is 79.9. The zero-order valence-electron chi connectivity index (χ0n) is 16.4. The van der Waals surface area contributed by atoms with Gasteiger partial charge in [-0.2, -0.15) is 10.1 Å². The molecule has 0 spiro atoms. The molecule has 7 heteroatoms. The molecule has 0 aliphatic carbocycles. The Hall–Kier alpha value is -3.06. The molecule has 0 N–H and O–H groups in total. The van der Waals surface area contributed by atoms with Crippen LogP contribution in [-0.2, 0) is 13.5 Å². The van der Waals surface area contributed by atoms with Crippen LogP contribution in [0.25, 0.3) is 28.0 Å². The number of nitrogens with zero attached hydrogens (tertiary/aromatic N) is 6. The number of aromatic nitrogens is 6. The largest absolute Gasteiger partial charge is 0.327 e. The van der Waals surface area contributed by atoms with Gasteiger partial charge in [0.1, 0.15) is 5.52 Å². The van der Waals surface area contributed by atoms with Gasteiger partial charge in [0.25, 0.3) is 5.95 Å². The van der Waals surface area contributed by atoms with E-state index in [4.69, 9.17) is 10.1 Å². The number of hydrogen-bond donors (Lipinski definition) is 0. The summed E-state index contributed by atoms with van der Waals surface area (Å²) in [4.78, 5) is 4.81. The lowest BCUT2D eigenvalue weighted by molar-refractivity contribution is 0.752. The quantitative estimate of drug-likeness (QED) is 0.403. The van der Waals surface area contributed by atoms with E-state index in [9.17, 15) is 0 Å². The van der Waals surface area contributed by atoms with Crippen molar-refractivity contribution in [1.29, 1.82) is 0 Å². The average Bonchev–Trinajstić information content (AvgIpc) is 3.17. The predicted molar refractivity (Wildman–Crippen MR) is 117 cm³/mol. The fraction of sp³-hybridized carbons (Fsp3) is 0.182. The molecule has 5 aromatic rings. The molecule has 0 radical (unpaired) electrons. The van der Waals surface area contributed by atoms with Crippen LogP contribution in [0.2, 0.25) is 0 Å². The average molecular weight is 447 g/mol. The van der Waals surface area contributed by atoms with Gasteiger partial charge in [-0.25, -0.2) is 4.68 Å². The first-order valence-corrected chi connectivity index (χ1v) is 10.2. The molecule has 0 unspecified atom stereocenters. The topological polar surface area (TPSA) is 61.4 Å². The van der Waals surface area contributed by atoms with Crippen LogP contribution in [0.5, 0.6) is 0 Å². The molecule has 6 nitrogen and oxygen atoms in total. The molecular formula is C22H19BrN6. The molecule has 0 fully saturated rings. The minimum Gasteiger partial charge on any atom is -0.327 e. The number of aryl methyl sites for hydroxylation is 2. The molecule has 0 amide bonds. The smallest absolute Gasteiger partial charge is 0.272 e. The maximum Gasteiger partial charge on any atom is 0.272 e. The fourth-order valence-electron chi connectivity index (χ4n) is 3.84. The number of benzene rings is 2. The normalized spacial score (nSPS) is 11.6. The lowest BCUT2D eigenvalue weighted by Gasteiger charge is -2.04. The van der Waals surface area contributed by atoms with Gasteiger partial charge in [0.05, 0.1) is 11.2 Å². The lowest BCUT2D eigenvalue weighted by atomic mass is 10.0. The van der Waals surface area contributed by atoms with Crippen molar-refractivity contribution in [3.05, 3.63) is 75.5 Å². The SMILES string of the molecule is Cc1nn(-c2nnc3c4cc(Br)ccc4n(C)c3n2)c(C)c1Cc1ccccc1. The summed E-state index contributed by atoms with van der Waals surface area (Å²) in [5.41, 5.74) is 7.12. The Labute approximate surface area is 176 Å². The zero-order valence-corrected chi connectivity index (χ0v) is 18.0. The summed E-state index contributed by atoms with van der Waals surface area (Å²) in [5.74, 6) is 0.488. The van der Waals surface area contributed by atoms with Crippen LogP contribution in [0.4, 0.5) is 0 Å². The number of hydrogen-bond acceptors (Lipinski definition) is 4. The Kier molecular flexibility index (Phi) is 4.20. The molecule has 144 valence electrons. The molecule has 5 rings (SSSR count). The van der Waals surface area contributed by atoms with Gasteiger partial charge in [-0.15, -0.1) is 10.2 Å². The van der Waals surface area contributed by atoms with Crippen molar-refractivity contribution in [3.63, 3.8) is 0 Å². The molecule has 3 heterocycles. The molecule has 0 bridgehead atoms. The van der Waals surface area contributed by atoms with Crippen LogP contribution < -0.4 is 0 Å².